The summed E-state index contributed by atoms with van der Waals surface area (Å²) in [5.41, 5.74) is 3.88. The Morgan fingerprint density at radius 2 is 2.40 bits per heavy atom. The molecule has 56 valence electrons. The summed E-state index contributed by atoms with van der Waals surface area (Å²) in [7, 11) is 1.67. The monoisotopic (exact) mass is 140 g/mol. The summed E-state index contributed by atoms with van der Waals surface area (Å²) < 4.78 is 5.09. The number of methoxy groups -OCH3 is 1. The lowest BCUT2D eigenvalue weighted by molar-refractivity contribution is 0.255. The third-order valence-electron chi connectivity index (χ3n) is 1.45. The van der Waals surface area contributed by atoms with Crippen LogP contribution >= 0.6 is 0 Å². The summed E-state index contributed by atoms with van der Waals surface area (Å²) in [6.07, 6.45) is 1.93. The molecular formula is C7H12N2O. The fourth-order valence-corrected chi connectivity index (χ4v) is 0.861. The van der Waals surface area contributed by atoms with E-state index in [9.17, 15) is 0 Å². The fourth-order valence-electron chi connectivity index (χ4n) is 0.861. The highest BCUT2D eigenvalue weighted by Crippen LogP contribution is 2.06. The van der Waals surface area contributed by atoms with Crippen LogP contribution in [0.4, 0.5) is 0 Å². The molecule has 1 N–H and O–H groups in total. The van der Waals surface area contributed by atoms with Gasteiger partial charge in [-0.25, -0.2) is 0 Å². The second kappa shape index (κ2) is 2.73. The third-order valence-corrected chi connectivity index (χ3v) is 1.45. The van der Waals surface area contributed by atoms with Gasteiger partial charge in [-0.3, -0.25) is 5.43 Å². The van der Waals surface area contributed by atoms with Crippen molar-refractivity contribution in [3.8, 4) is 0 Å². The minimum Gasteiger partial charge on any atom is -0.499 e. The summed E-state index contributed by atoms with van der Waals surface area (Å²) in [6, 6.07) is 0.202. The van der Waals surface area contributed by atoms with Gasteiger partial charge in [0, 0.05) is 6.08 Å². The van der Waals surface area contributed by atoms with Crippen molar-refractivity contribution in [3.63, 3.8) is 0 Å². The van der Waals surface area contributed by atoms with Gasteiger partial charge in [0.2, 0.25) is 0 Å². The van der Waals surface area contributed by atoms with Crippen LogP contribution in [0.1, 0.15) is 13.8 Å². The Bertz CT molecular complexity index is 184. The van der Waals surface area contributed by atoms with Crippen molar-refractivity contribution >= 4 is 5.71 Å². The standard InChI is InChI=1S/C7H12N2O/c1-5-4-7(10-3)6(2)9-8-5/h4,6,9H,1-3H3. The molecule has 0 bridgehead atoms. The molecule has 0 spiro atoms. The maximum absolute atomic E-state index is 5.09. The molecule has 0 aromatic heterocycles. The van der Waals surface area contributed by atoms with Crippen LogP contribution in [0.25, 0.3) is 0 Å². The lowest BCUT2D eigenvalue weighted by Gasteiger charge is -2.18. The van der Waals surface area contributed by atoms with Crippen molar-refractivity contribution in [2.45, 2.75) is 19.9 Å². The zero-order valence-electron chi connectivity index (χ0n) is 6.51. The van der Waals surface area contributed by atoms with Crippen molar-refractivity contribution in [2.24, 2.45) is 5.10 Å². The van der Waals surface area contributed by atoms with Gasteiger partial charge in [0.1, 0.15) is 5.76 Å². The lowest BCUT2D eigenvalue weighted by atomic mass is 10.2. The van der Waals surface area contributed by atoms with Gasteiger partial charge in [-0.15, -0.1) is 0 Å². The Balaban J connectivity index is 2.73. The first-order valence-electron chi connectivity index (χ1n) is 3.29. The second-order valence-electron chi connectivity index (χ2n) is 2.35. The van der Waals surface area contributed by atoms with E-state index in [4.69, 9.17) is 4.74 Å². The van der Waals surface area contributed by atoms with Gasteiger partial charge in [0.25, 0.3) is 0 Å². The number of nitrogens with one attached hydrogen (secondary N) is 1. The third kappa shape index (κ3) is 1.29. The van der Waals surface area contributed by atoms with Crippen LogP contribution in [0.5, 0.6) is 0 Å². The van der Waals surface area contributed by atoms with E-state index in [-0.39, 0.29) is 6.04 Å². The summed E-state index contributed by atoms with van der Waals surface area (Å²) in [6.45, 7) is 3.93. The van der Waals surface area contributed by atoms with E-state index in [1.165, 1.54) is 0 Å². The summed E-state index contributed by atoms with van der Waals surface area (Å²) in [5, 5.41) is 4.02. The van der Waals surface area contributed by atoms with Gasteiger partial charge in [0.05, 0.1) is 18.9 Å². The van der Waals surface area contributed by atoms with Gasteiger partial charge in [-0.2, -0.15) is 5.10 Å². The van der Waals surface area contributed by atoms with E-state index in [0.29, 0.717) is 0 Å². The number of allylic oxidation sites excluding steroid dienone is 1. The van der Waals surface area contributed by atoms with Crippen LogP contribution in [0, 0.1) is 0 Å². The molecule has 1 heterocycles. The first-order valence-corrected chi connectivity index (χ1v) is 3.29. The number of hydrogen-bond acceptors (Lipinski definition) is 3. The van der Waals surface area contributed by atoms with Gasteiger partial charge in [-0.1, -0.05) is 0 Å². The van der Waals surface area contributed by atoms with E-state index in [1.807, 2.05) is 19.9 Å². The van der Waals surface area contributed by atoms with Crippen molar-refractivity contribution in [1.82, 2.24) is 5.43 Å². The highest BCUT2D eigenvalue weighted by molar-refractivity contribution is 5.93. The molecule has 3 heteroatoms. The molecule has 0 fully saturated rings. The lowest BCUT2D eigenvalue weighted by Crippen LogP contribution is -2.28. The minimum atomic E-state index is 0.202. The Morgan fingerprint density at radius 3 is 2.90 bits per heavy atom. The molecule has 1 aliphatic heterocycles. The molecule has 0 aliphatic carbocycles. The quantitative estimate of drug-likeness (QED) is 0.586. The van der Waals surface area contributed by atoms with Crippen LogP contribution in [0.15, 0.2) is 16.9 Å². The van der Waals surface area contributed by atoms with Crippen LogP contribution < -0.4 is 5.43 Å². The zero-order valence-corrected chi connectivity index (χ0v) is 6.51. The van der Waals surface area contributed by atoms with Gasteiger partial charge in [-0.05, 0) is 13.8 Å². The Labute approximate surface area is 60.8 Å². The Kier molecular flexibility index (Phi) is 1.94. The van der Waals surface area contributed by atoms with E-state index in [2.05, 4.69) is 10.5 Å². The topological polar surface area (TPSA) is 33.6 Å². The van der Waals surface area contributed by atoms with Gasteiger partial charge < -0.3 is 4.74 Å². The molecule has 0 radical (unpaired) electrons. The fraction of sp³-hybridized carbons (Fsp3) is 0.571. The second-order valence-corrected chi connectivity index (χ2v) is 2.35. The van der Waals surface area contributed by atoms with Crippen LogP contribution in [-0.2, 0) is 4.74 Å². The van der Waals surface area contributed by atoms with Crippen LogP contribution in [0.2, 0.25) is 0 Å². The summed E-state index contributed by atoms with van der Waals surface area (Å²) >= 11 is 0. The molecule has 1 unspecified atom stereocenters. The van der Waals surface area contributed by atoms with E-state index >= 15 is 0 Å². The van der Waals surface area contributed by atoms with Crippen molar-refractivity contribution in [3.05, 3.63) is 11.8 Å². The molecule has 0 saturated heterocycles. The molecular weight excluding hydrogens is 128 g/mol. The molecule has 0 aromatic carbocycles. The SMILES string of the molecule is COC1=CC(C)=NNC1C. The Hall–Kier alpha value is -0.990. The predicted octanol–water partition coefficient (Wildman–Crippen LogP) is 0.884. The largest absolute Gasteiger partial charge is 0.499 e. The highest BCUT2D eigenvalue weighted by Gasteiger charge is 2.11. The maximum Gasteiger partial charge on any atom is 0.121 e. The first-order chi connectivity index (χ1) is 4.74. The minimum absolute atomic E-state index is 0.202. The van der Waals surface area contributed by atoms with E-state index < -0.39 is 0 Å². The number of ether oxygens (including phenoxy) is 1. The number of hydrazone groups is 1. The van der Waals surface area contributed by atoms with E-state index in [1.54, 1.807) is 7.11 Å². The van der Waals surface area contributed by atoms with Gasteiger partial charge >= 0.3 is 0 Å². The molecule has 1 rings (SSSR count). The molecule has 0 saturated carbocycles. The molecule has 1 aliphatic rings. The predicted molar refractivity (Wildman–Crippen MR) is 40.8 cm³/mol. The molecule has 0 amide bonds. The average molecular weight is 140 g/mol. The van der Waals surface area contributed by atoms with Crippen molar-refractivity contribution in [2.75, 3.05) is 7.11 Å². The molecule has 1 atom stereocenters. The average Bonchev–Trinajstić information content (AvgIpc) is 1.94. The van der Waals surface area contributed by atoms with Crippen LogP contribution in [-0.4, -0.2) is 18.9 Å². The number of rotatable bonds is 1. The molecule has 10 heavy (non-hydrogen) atoms. The smallest absolute Gasteiger partial charge is 0.121 e. The Morgan fingerprint density at radius 1 is 1.70 bits per heavy atom. The number of nitrogens with zero attached hydrogens (tertiary/aromatic N) is 1. The molecule has 3 nitrogen and oxygen atoms in total. The van der Waals surface area contributed by atoms with Gasteiger partial charge in [0.15, 0.2) is 0 Å². The van der Waals surface area contributed by atoms with E-state index in [0.717, 1.165) is 11.5 Å². The summed E-state index contributed by atoms with van der Waals surface area (Å²) in [5.74, 6) is 0.938. The maximum atomic E-state index is 5.09. The van der Waals surface area contributed by atoms with Crippen molar-refractivity contribution < 1.29 is 4.74 Å². The van der Waals surface area contributed by atoms with Crippen LogP contribution in [0.3, 0.4) is 0 Å². The zero-order chi connectivity index (χ0) is 7.56. The first kappa shape index (κ1) is 7.12. The highest BCUT2D eigenvalue weighted by atomic mass is 16.5. The molecule has 0 aromatic rings. The van der Waals surface area contributed by atoms with Crippen molar-refractivity contribution in [1.29, 1.82) is 0 Å². The summed E-state index contributed by atoms with van der Waals surface area (Å²) in [4.78, 5) is 0. The number of hydrogen-bond donors (Lipinski definition) is 1. The normalized spacial score (nSPS) is 24.5.